The maximum Gasteiger partial charge on any atom is 0.275 e. The van der Waals surface area contributed by atoms with Gasteiger partial charge in [-0.1, -0.05) is 12.1 Å². The van der Waals surface area contributed by atoms with Gasteiger partial charge in [0.05, 0.1) is 30.5 Å². The lowest BCUT2D eigenvalue weighted by atomic mass is 10.2. The van der Waals surface area contributed by atoms with Crippen molar-refractivity contribution in [3.05, 3.63) is 50.4 Å². The number of ether oxygens (including phenoxy) is 2. The van der Waals surface area contributed by atoms with Crippen LogP contribution in [0.5, 0.6) is 17.2 Å². The zero-order chi connectivity index (χ0) is 17.7. The molecule has 6 nitrogen and oxygen atoms in total. The van der Waals surface area contributed by atoms with E-state index in [2.05, 4.69) is 42.4 Å². The van der Waals surface area contributed by atoms with Gasteiger partial charge in [0.2, 0.25) is 0 Å². The highest BCUT2D eigenvalue weighted by atomic mass is 79.9. The highest BCUT2D eigenvalue weighted by Crippen LogP contribution is 2.42. The molecule has 0 atom stereocenters. The van der Waals surface area contributed by atoms with Gasteiger partial charge in [0, 0.05) is 5.56 Å². The zero-order valence-electron chi connectivity index (χ0n) is 12.8. The van der Waals surface area contributed by atoms with Crippen molar-refractivity contribution in [3.8, 4) is 17.2 Å². The second-order valence-corrected chi connectivity index (χ2v) is 6.19. The van der Waals surface area contributed by atoms with Crippen LogP contribution in [0.2, 0.25) is 0 Å². The molecule has 1 amide bonds. The Balaban J connectivity index is 2.23. The van der Waals surface area contributed by atoms with Crippen molar-refractivity contribution in [1.29, 1.82) is 0 Å². The number of carbonyl (C=O) groups is 1. The van der Waals surface area contributed by atoms with Crippen LogP contribution in [-0.4, -0.2) is 31.4 Å². The number of methoxy groups -OCH3 is 2. The first kappa shape index (κ1) is 18.3. The third-order valence-corrected chi connectivity index (χ3v) is 4.40. The Hall–Kier alpha value is -2.06. The van der Waals surface area contributed by atoms with Crippen LogP contribution in [0.15, 0.2) is 44.4 Å². The number of para-hydroxylation sites is 1. The van der Waals surface area contributed by atoms with Crippen molar-refractivity contribution in [2.75, 3.05) is 14.2 Å². The third kappa shape index (κ3) is 3.88. The molecule has 0 heterocycles. The molecule has 0 fully saturated rings. The number of halogens is 2. The minimum atomic E-state index is -0.519. The van der Waals surface area contributed by atoms with Crippen LogP contribution >= 0.6 is 31.9 Å². The maximum absolute atomic E-state index is 12.0. The molecule has 0 unspecified atom stereocenters. The summed E-state index contributed by atoms with van der Waals surface area (Å²) in [5.41, 5.74) is 3.12. The summed E-state index contributed by atoms with van der Waals surface area (Å²) in [7, 11) is 3.07. The summed E-state index contributed by atoms with van der Waals surface area (Å²) < 4.78 is 11.9. The number of nitrogens with zero attached hydrogens (tertiary/aromatic N) is 1. The molecular formula is C16H14Br2N2O4. The standard InChI is InChI=1S/C16H14Br2N2O4/c1-23-14-9(7-11(17)15(24-2)13(14)18)8-19-20-16(22)10-5-3-4-6-12(10)21/h3-8,21H,1-2H3,(H,20,22)/b19-8-. The maximum atomic E-state index is 12.0. The second kappa shape index (κ2) is 8.16. The van der Waals surface area contributed by atoms with E-state index in [0.717, 1.165) is 0 Å². The summed E-state index contributed by atoms with van der Waals surface area (Å²) in [6.45, 7) is 0. The van der Waals surface area contributed by atoms with Gasteiger partial charge >= 0.3 is 0 Å². The Bertz CT molecular complexity index is 794. The fourth-order valence-electron chi connectivity index (χ4n) is 1.98. The van der Waals surface area contributed by atoms with E-state index in [1.165, 1.54) is 25.5 Å². The van der Waals surface area contributed by atoms with Crippen molar-refractivity contribution < 1.29 is 19.4 Å². The molecule has 0 saturated carbocycles. The van der Waals surface area contributed by atoms with Crippen LogP contribution in [0.3, 0.4) is 0 Å². The van der Waals surface area contributed by atoms with Crippen LogP contribution in [-0.2, 0) is 0 Å². The van der Waals surface area contributed by atoms with Gasteiger partial charge in [0.15, 0.2) is 5.75 Å². The number of amides is 1. The Morgan fingerprint density at radius 2 is 1.88 bits per heavy atom. The number of hydrazone groups is 1. The van der Waals surface area contributed by atoms with Gasteiger partial charge < -0.3 is 14.6 Å². The number of phenolic OH excluding ortho intramolecular Hbond substituents is 1. The van der Waals surface area contributed by atoms with E-state index in [9.17, 15) is 9.90 Å². The molecule has 8 heteroatoms. The summed E-state index contributed by atoms with van der Waals surface area (Å²) in [5.74, 6) is 0.463. The normalized spacial score (nSPS) is 10.7. The molecular weight excluding hydrogens is 444 g/mol. The molecule has 0 aromatic heterocycles. The minimum absolute atomic E-state index is 0.113. The first-order valence-electron chi connectivity index (χ1n) is 6.71. The van der Waals surface area contributed by atoms with Crippen molar-refractivity contribution >= 4 is 44.0 Å². The Morgan fingerprint density at radius 3 is 2.50 bits per heavy atom. The van der Waals surface area contributed by atoms with Crippen LogP contribution in [0.1, 0.15) is 15.9 Å². The van der Waals surface area contributed by atoms with E-state index in [0.29, 0.717) is 26.0 Å². The van der Waals surface area contributed by atoms with Gasteiger partial charge in [-0.3, -0.25) is 4.79 Å². The molecule has 0 saturated heterocycles. The second-order valence-electron chi connectivity index (χ2n) is 4.54. The molecule has 0 aliphatic rings. The number of nitrogens with one attached hydrogen (secondary N) is 1. The smallest absolute Gasteiger partial charge is 0.275 e. The average molecular weight is 458 g/mol. The molecule has 126 valence electrons. The van der Waals surface area contributed by atoms with Crippen LogP contribution in [0, 0.1) is 0 Å². The predicted molar refractivity (Wildman–Crippen MR) is 98.1 cm³/mol. The third-order valence-electron chi connectivity index (χ3n) is 3.09. The monoisotopic (exact) mass is 456 g/mol. The molecule has 0 aliphatic carbocycles. The van der Waals surface area contributed by atoms with Gasteiger partial charge in [-0.15, -0.1) is 0 Å². The molecule has 2 rings (SSSR count). The number of rotatable bonds is 5. The number of aromatic hydroxyl groups is 1. The molecule has 0 radical (unpaired) electrons. The highest BCUT2D eigenvalue weighted by Gasteiger charge is 2.16. The van der Waals surface area contributed by atoms with Crippen molar-refractivity contribution in [2.24, 2.45) is 5.10 Å². The van der Waals surface area contributed by atoms with E-state index in [1.807, 2.05) is 0 Å². The van der Waals surface area contributed by atoms with Gasteiger partial charge in [-0.25, -0.2) is 5.43 Å². The summed E-state index contributed by atoms with van der Waals surface area (Å²) >= 11 is 6.80. The van der Waals surface area contributed by atoms with E-state index in [-0.39, 0.29) is 11.3 Å². The topological polar surface area (TPSA) is 80.2 Å². The first-order valence-corrected chi connectivity index (χ1v) is 8.29. The Kier molecular flexibility index (Phi) is 6.22. The van der Waals surface area contributed by atoms with Gasteiger partial charge in [0.25, 0.3) is 5.91 Å². The van der Waals surface area contributed by atoms with E-state index in [4.69, 9.17) is 9.47 Å². The zero-order valence-corrected chi connectivity index (χ0v) is 16.0. The largest absolute Gasteiger partial charge is 0.507 e. The molecule has 0 spiro atoms. The van der Waals surface area contributed by atoms with Crippen molar-refractivity contribution in [3.63, 3.8) is 0 Å². The van der Waals surface area contributed by atoms with Gasteiger partial charge in [-0.2, -0.15) is 5.10 Å². The fourth-order valence-corrected chi connectivity index (χ4v) is 3.62. The molecule has 24 heavy (non-hydrogen) atoms. The first-order chi connectivity index (χ1) is 11.5. The number of carbonyl (C=O) groups excluding carboxylic acids is 1. The van der Waals surface area contributed by atoms with Crippen molar-refractivity contribution in [1.82, 2.24) is 5.43 Å². The number of hydrogen-bond acceptors (Lipinski definition) is 5. The fraction of sp³-hybridized carbons (Fsp3) is 0.125. The molecule has 2 N–H and O–H groups in total. The van der Waals surface area contributed by atoms with E-state index < -0.39 is 5.91 Å². The molecule has 0 bridgehead atoms. The van der Waals surface area contributed by atoms with Crippen LogP contribution in [0.25, 0.3) is 0 Å². The van der Waals surface area contributed by atoms with Crippen LogP contribution in [0.4, 0.5) is 0 Å². The number of benzene rings is 2. The summed E-state index contributed by atoms with van der Waals surface area (Å²) in [6, 6.07) is 7.96. The summed E-state index contributed by atoms with van der Waals surface area (Å²) in [4.78, 5) is 12.0. The summed E-state index contributed by atoms with van der Waals surface area (Å²) in [6.07, 6.45) is 1.44. The number of hydrogen-bond donors (Lipinski definition) is 2. The average Bonchev–Trinajstić information content (AvgIpc) is 2.55. The van der Waals surface area contributed by atoms with Crippen molar-refractivity contribution in [2.45, 2.75) is 0 Å². The molecule has 2 aromatic rings. The quantitative estimate of drug-likeness (QED) is 0.530. The molecule has 2 aromatic carbocycles. The van der Waals surface area contributed by atoms with E-state index in [1.54, 1.807) is 25.3 Å². The Morgan fingerprint density at radius 1 is 1.21 bits per heavy atom. The SMILES string of the molecule is COc1c(Br)cc(/C=N\NC(=O)c2ccccc2O)c(OC)c1Br. The predicted octanol–water partition coefficient (Wildman–Crippen LogP) is 3.70. The lowest BCUT2D eigenvalue weighted by molar-refractivity contribution is 0.0952. The van der Waals surface area contributed by atoms with Gasteiger partial charge in [-0.05, 0) is 50.1 Å². The molecule has 0 aliphatic heterocycles. The minimum Gasteiger partial charge on any atom is -0.507 e. The lowest BCUT2D eigenvalue weighted by Crippen LogP contribution is -2.17. The van der Waals surface area contributed by atoms with Crippen LogP contribution < -0.4 is 14.9 Å². The number of phenols is 1. The highest BCUT2D eigenvalue weighted by molar-refractivity contribution is 9.11. The lowest BCUT2D eigenvalue weighted by Gasteiger charge is -2.13. The van der Waals surface area contributed by atoms with Gasteiger partial charge in [0.1, 0.15) is 16.0 Å². The van der Waals surface area contributed by atoms with E-state index >= 15 is 0 Å². The summed E-state index contributed by atoms with van der Waals surface area (Å²) in [5, 5.41) is 13.6. The Labute approximate surface area is 155 Å².